The first-order chi connectivity index (χ1) is 13.0. The number of carbonyl (C=O) groups is 1. The van der Waals surface area contributed by atoms with E-state index in [2.05, 4.69) is 24.8 Å². The first kappa shape index (κ1) is 19.9. The molecule has 1 saturated heterocycles. The lowest BCUT2D eigenvalue weighted by Gasteiger charge is -2.36. The molecule has 0 N–H and O–H groups in total. The molecule has 1 spiro atoms. The SMILES string of the molecule is CC1=CCN(C(=O)c2ccccc2)C[C@]2(CCCN(CCC(C)C)CC2)O1. The van der Waals surface area contributed by atoms with Gasteiger partial charge in [0.15, 0.2) is 0 Å². The standard InChI is InChI=1S/C23H34N2O2/c1-19(2)10-15-24-14-7-12-23(13-17-24)18-25(16-11-20(3)27-23)22(26)21-8-5-4-6-9-21/h4-6,8-9,11,19H,7,10,12-18H2,1-3H3/t23-/m1/s1. The minimum atomic E-state index is -0.256. The van der Waals surface area contributed by atoms with Crippen LogP contribution in [-0.2, 0) is 4.74 Å². The second-order valence-corrected chi connectivity index (χ2v) is 8.53. The number of allylic oxidation sites excluding steroid dienone is 1. The van der Waals surface area contributed by atoms with Crippen LogP contribution in [-0.4, -0.2) is 54.0 Å². The number of carbonyl (C=O) groups excluding carboxylic acids is 1. The summed E-state index contributed by atoms with van der Waals surface area (Å²) in [6, 6.07) is 9.61. The molecule has 1 aromatic carbocycles. The van der Waals surface area contributed by atoms with Crippen LogP contribution >= 0.6 is 0 Å². The lowest BCUT2D eigenvalue weighted by Crippen LogP contribution is -2.46. The topological polar surface area (TPSA) is 32.8 Å². The van der Waals surface area contributed by atoms with E-state index in [1.807, 2.05) is 42.2 Å². The van der Waals surface area contributed by atoms with Gasteiger partial charge in [0, 0.05) is 25.1 Å². The Morgan fingerprint density at radius 3 is 2.70 bits per heavy atom. The summed E-state index contributed by atoms with van der Waals surface area (Å²) < 4.78 is 6.45. The molecule has 2 heterocycles. The number of ether oxygens (including phenoxy) is 1. The molecule has 27 heavy (non-hydrogen) atoms. The third-order valence-corrected chi connectivity index (χ3v) is 5.78. The van der Waals surface area contributed by atoms with Crippen molar-refractivity contribution < 1.29 is 9.53 Å². The first-order valence-corrected chi connectivity index (χ1v) is 10.4. The fourth-order valence-electron chi connectivity index (χ4n) is 4.13. The van der Waals surface area contributed by atoms with Crippen LogP contribution < -0.4 is 0 Å². The fourth-order valence-corrected chi connectivity index (χ4v) is 4.13. The smallest absolute Gasteiger partial charge is 0.254 e. The maximum Gasteiger partial charge on any atom is 0.254 e. The van der Waals surface area contributed by atoms with Crippen molar-refractivity contribution in [1.29, 1.82) is 0 Å². The summed E-state index contributed by atoms with van der Waals surface area (Å²) in [7, 11) is 0. The third kappa shape index (κ3) is 5.35. The van der Waals surface area contributed by atoms with Crippen LogP contribution in [0.5, 0.6) is 0 Å². The van der Waals surface area contributed by atoms with Crippen molar-refractivity contribution in [2.75, 3.05) is 32.7 Å². The van der Waals surface area contributed by atoms with Crippen molar-refractivity contribution in [3.05, 3.63) is 47.7 Å². The van der Waals surface area contributed by atoms with Gasteiger partial charge >= 0.3 is 0 Å². The van der Waals surface area contributed by atoms with Crippen molar-refractivity contribution >= 4 is 5.91 Å². The van der Waals surface area contributed by atoms with E-state index in [-0.39, 0.29) is 11.5 Å². The Kier molecular flexibility index (Phi) is 6.59. The molecule has 1 amide bonds. The first-order valence-electron chi connectivity index (χ1n) is 10.4. The summed E-state index contributed by atoms with van der Waals surface area (Å²) in [6.07, 6.45) is 6.41. The van der Waals surface area contributed by atoms with Gasteiger partial charge in [-0.1, -0.05) is 32.0 Å². The minimum Gasteiger partial charge on any atom is -0.490 e. The molecule has 0 radical (unpaired) electrons. The normalized spacial score (nSPS) is 24.3. The highest BCUT2D eigenvalue weighted by Gasteiger charge is 2.39. The molecule has 0 aliphatic carbocycles. The Morgan fingerprint density at radius 1 is 1.19 bits per heavy atom. The zero-order valence-corrected chi connectivity index (χ0v) is 17.1. The summed E-state index contributed by atoms with van der Waals surface area (Å²) in [5, 5.41) is 0. The van der Waals surface area contributed by atoms with Crippen LogP contribution in [0.2, 0.25) is 0 Å². The van der Waals surface area contributed by atoms with Crippen LogP contribution in [0.4, 0.5) is 0 Å². The highest BCUT2D eigenvalue weighted by Crippen LogP contribution is 2.32. The van der Waals surface area contributed by atoms with E-state index in [0.717, 1.165) is 56.1 Å². The summed E-state index contributed by atoms with van der Waals surface area (Å²) in [6.45, 7) is 11.2. The second-order valence-electron chi connectivity index (χ2n) is 8.53. The molecule has 0 aromatic heterocycles. The van der Waals surface area contributed by atoms with Crippen molar-refractivity contribution in [2.24, 2.45) is 5.92 Å². The molecule has 0 saturated carbocycles. The second kappa shape index (κ2) is 8.92. The minimum absolute atomic E-state index is 0.102. The van der Waals surface area contributed by atoms with Crippen LogP contribution in [0, 0.1) is 5.92 Å². The summed E-state index contributed by atoms with van der Waals surface area (Å²) in [5.41, 5.74) is 0.501. The van der Waals surface area contributed by atoms with E-state index in [1.54, 1.807) is 0 Å². The molecule has 0 unspecified atom stereocenters. The molecule has 4 heteroatoms. The van der Waals surface area contributed by atoms with Gasteiger partial charge in [-0.3, -0.25) is 4.79 Å². The summed E-state index contributed by atoms with van der Waals surface area (Å²) >= 11 is 0. The molecular weight excluding hydrogens is 336 g/mol. The summed E-state index contributed by atoms with van der Waals surface area (Å²) in [5.74, 6) is 1.79. The predicted molar refractivity (Wildman–Crippen MR) is 110 cm³/mol. The van der Waals surface area contributed by atoms with Gasteiger partial charge in [-0.25, -0.2) is 0 Å². The van der Waals surface area contributed by atoms with Crippen LogP contribution in [0.25, 0.3) is 0 Å². The Labute approximate surface area is 164 Å². The molecule has 3 rings (SSSR count). The fraction of sp³-hybridized carbons (Fsp3) is 0.609. The number of hydrogen-bond acceptors (Lipinski definition) is 3. The average molecular weight is 371 g/mol. The molecule has 1 atom stereocenters. The van der Waals surface area contributed by atoms with E-state index in [4.69, 9.17) is 4.74 Å². The molecule has 4 nitrogen and oxygen atoms in total. The highest BCUT2D eigenvalue weighted by molar-refractivity contribution is 5.94. The van der Waals surface area contributed by atoms with Crippen LogP contribution in [0.15, 0.2) is 42.2 Å². The Bertz CT molecular complexity index is 656. The Hall–Kier alpha value is -1.81. The van der Waals surface area contributed by atoms with Gasteiger partial charge in [-0.15, -0.1) is 0 Å². The Balaban J connectivity index is 1.72. The van der Waals surface area contributed by atoms with Gasteiger partial charge < -0.3 is 14.5 Å². The predicted octanol–water partition coefficient (Wildman–Crippen LogP) is 4.33. The lowest BCUT2D eigenvalue weighted by molar-refractivity contribution is -0.0234. The van der Waals surface area contributed by atoms with E-state index in [1.165, 1.54) is 6.42 Å². The van der Waals surface area contributed by atoms with E-state index in [0.29, 0.717) is 13.1 Å². The highest BCUT2D eigenvalue weighted by atomic mass is 16.5. The van der Waals surface area contributed by atoms with Gasteiger partial charge in [-0.05, 0) is 63.4 Å². The average Bonchev–Trinajstić information content (AvgIpc) is 2.95. The lowest BCUT2D eigenvalue weighted by atomic mass is 9.93. The molecule has 0 bridgehead atoms. The van der Waals surface area contributed by atoms with Gasteiger partial charge in [-0.2, -0.15) is 0 Å². The van der Waals surface area contributed by atoms with Crippen molar-refractivity contribution in [1.82, 2.24) is 9.80 Å². The maximum absolute atomic E-state index is 13.0. The van der Waals surface area contributed by atoms with Crippen molar-refractivity contribution in [2.45, 2.75) is 52.1 Å². The van der Waals surface area contributed by atoms with Gasteiger partial charge in [0.25, 0.3) is 5.91 Å². The zero-order chi connectivity index (χ0) is 19.3. The molecule has 148 valence electrons. The molecular formula is C23H34N2O2. The number of rotatable bonds is 4. The molecule has 2 aliphatic rings. The van der Waals surface area contributed by atoms with Crippen molar-refractivity contribution in [3.8, 4) is 0 Å². The molecule has 1 aromatic rings. The molecule has 1 fully saturated rings. The number of hydrogen-bond donors (Lipinski definition) is 0. The monoisotopic (exact) mass is 370 g/mol. The number of likely N-dealkylation sites (tertiary alicyclic amines) is 1. The van der Waals surface area contributed by atoms with Gasteiger partial charge in [0.1, 0.15) is 5.60 Å². The summed E-state index contributed by atoms with van der Waals surface area (Å²) in [4.78, 5) is 17.6. The van der Waals surface area contributed by atoms with Gasteiger partial charge in [0.2, 0.25) is 0 Å². The maximum atomic E-state index is 13.0. The van der Waals surface area contributed by atoms with Crippen LogP contribution in [0.1, 0.15) is 56.8 Å². The van der Waals surface area contributed by atoms with Crippen LogP contribution in [0.3, 0.4) is 0 Å². The number of amides is 1. The number of benzene rings is 1. The van der Waals surface area contributed by atoms with E-state index >= 15 is 0 Å². The zero-order valence-electron chi connectivity index (χ0n) is 17.1. The quantitative estimate of drug-likeness (QED) is 0.791. The van der Waals surface area contributed by atoms with Crippen molar-refractivity contribution in [3.63, 3.8) is 0 Å². The number of nitrogens with zero attached hydrogens (tertiary/aromatic N) is 2. The van der Waals surface area contributed by atoms with Gasteiger partial charge in [0.05, 0.1) is 12.3 Å². The third-order valence-electron chi connectivity index (χ3n) is 5.78. The largest absolute Gasteiger partial charge is 0.490 e. The van der Waals surface area contributed by atoms with E-state index in [9.17, 15) is 4.79 Å². The van der Waals surface area contributed by atoms with E-state index < -0.39 is 0 Å². The Morgan fingerprint density at radius 2 is 1.96 bits per heavy atom. The molecule has 2 aliphatic heterocycles.